The molecule has 3 atom stereocenters. The second-order valence-corrected chi connectivity index (χ2v) is 4.47. The number of imidazole rings is 1. The molecular formula is C11H11F2N5O2. The van der Waals surface area contributed by atoms with Gasteiger partial charge < -0.3 is 20.5 Å². The molecule has 2 aromatic rings. The van der Waals surface area contributed by atoms with E-state index in [2.05, 4.69) is 15.0 Å². The first kappa shape index (κ1) is 12.9. The van der Waals surface area contributed by atoms with E-state index in [4.69, 9.17) is 5.73 Å². The number of nitrogens with zero attached hydrogens (tertiary/aromatic N) is 4. The van der Waals surface area contributed by atoms with Crippen molar-refractivity contribution in [3.8, 4) is 0 Å². The van der Waals surface area contributed by atoms with E-state index >= 15 is 0 Å². The van der Waals surface area contributed by atoms with Gasteiger partial charge in [0.1, 0.15) is 42.6 Å². The molecule has 4 N–H and O–H groups in total. The molecule has 0 radical (unpaired) electrons. The molecule has 1 unspecified atom stereocenters. The molecule has 9 heteroatoms. The first-order valence-electron chi connectivity index (χ1n) is 5.79. The van der Waals surface area contributed by atoms with Crippen LogP contribution in [0.15, 0.2) is 24.1 Å². The molecular weight excluding hydrogens is 272 g/mol. The van der Waals surface area contributed by atoms with Crippen LogP contribution in [0, 0.1) is 0 Å². The van der Waals surface area contributed by atoms with Crippen molar-refractivity contribution in [2.24, 2.45) is 0 Å². The van der Waals surface area contributed by atoms with E-state index < -0.39 is 36.3 Å². The molecule has 1 aliphatic carbocycles. The first-order chi connectivity index (χ1) is 9.56. The lowest BCUT2D eigenvalue weighted by molar-refractivity contribution is 0.0279. The zero-order chi connectivity index (χ0) is 14.4. The zero-order valence-electron chi connectivity index (χ0n) is 10.1. The Balaban J connectivity index is 2.17. The zero-order valence-corrected chi connectivity index (χ0v) is 10.1. The molecule has 106 valence electrons. The summed E-state index contributed by atoms with van der Waals surface area (Å²) in [4.78, 5) is 11.6. The van der Waals surface area contributed by atoms with Crippen LogP contribution in [0.1, 0.15) is 6.04 Å². The smallest absolute Gasteiger partial charge is 0.166 e. The Labute approximate surface area is 111 Å². The van der Waals surface area contributed by atoms with E-state index in [0.29, 0.717) is 0 Å². The van der Waals surface area contributed by atoms with Gasteiger partial charge in [-0.05, 0) is 0 Å². The van der Waals surface area contributed by atoms with Crippen LogP contribution in [0.5, 0.6) is 0 Å². The predicted molar refractivity (Wildman–Crippen MR) is 64.9 cm³/mol. The van der Waals surface area contributed by atoms with Gasteiger partial charge in [0, 0.05) is 5.57 Å². The minimum Gasteiger partial charge on any atom is -0.387 e. The van der Waals surface area contributed by atoms with Crippen molar-refractivity contribution in [2.45, 2.75) is 18.2 Å². The Hall–Kier alpha value is -2.13. The van der Waals surface area contributed by atoms with Gasteiger partial charge >= 0.3 is 0 Å². The van der Waals surface area contributed by atoms with Crippen LogP contribution in [-0.2, 0) is 0 Å². The van der Waals surface area contributed by atoms with Gasteiger partial charge in [-0.25, -0.2) is 23.7 Å². The van der Waals surface area contributed by atoms with E-state index in [1.54, 1.807) is 0 Å². The monoisotopic (exact) mass is 283 g/mol. The van der Waals surface area contributed by atoms with Gasteiger partial charge in [0.2, 0.25) is 0 Å². The van der Waals surface area contributed by atoms with Crippen molar-refractivity contribution in [3.63, 3.8) is 0 Å². The number of rotatable bonds is 2. The molecule has 0 bridgehead atoms. The van der Waals surface area contributed by atoms with Crippen LogP contribution in [0.3, 0.4) is 0 Å². The fraction of sp³-hybridized carbons (Fsp3) is 0.364. The fourth-order valence-corrected chi connectivity index (χ4v) is 2.36. The van der Waals surface area contributed by atoms with Crippen molar-refractivity contribution in [1.82, 2.24) is 19.5 Å². The molecule has 3 rings (SSSR count). The van der Waals surface area contributed by atoms with E-state index in [1.165, 1.54) is 17.2 Å². The van der Waals surface area contributed by atoms with E-state index in [1.807, 2.05) is 0 Å². The van der Waals surface area contributed by atoms with Gasteiger partial charge in [0.05, 0.1) is 6.33 Å². The molecule has 0 aromatic carbocycles. The summed E-state index contributed by atoms with van der Waals surface area (Å²) < 4.78 is 28.1. The molecule has 0 spiro atoms. The number of alkyl halides is 1. The number of nitrogen functional groups attached to an aromatic ring is 1. The number of anilines is 1. The Morgan fingerprint density at radius 2 is 2.05 bits per heavy atom. The third kappa shape index (κ3) is 1.60. The molecule has 0 aliphatic heterocycles. The van der Waals surface area contributed by atoms with Gasteiger partial charge in [-0.3, -0.25) is 0 Å². The molecule has 0 fully saturated rings. The van der Waals surface area contributed by atoms with Crippen molar-refractivity contribution in [3.05, 3.63) is 24.1 Å². The third-order valence-corrected chi connectivity index (χ3v) is 3.40. The molecule has 0 amide bonds. The largest absolute Gasteiger partial charge is 0.387 e. The van der Waals surface area contributed by atoms with Crippen LogP contribution in [0.4, 0.5) is 14.6 Å². The van der Waals surface area contributed by atoms with Crippen LogP contribution in [0.25, 0.3) is 11.2 Å². The summed E-state index contributed by atoms with van der Waals surface area (Å²) in [7, 11) is 0. The lowest BCUT2D eigenvalue weighted by atomic mass is 10.1. The highest BCUT2D eigenvalue weighted by molar-refractivity contribution is 5.81. The Morgan fingerprint density at radius 1 is 1.30 bits per heavy atom. The maximum absolute atomic E-state index is 14.1. The van der Waals surface area contributed by atoms with Crippen LogP contribution < -0.4 is 5.73 Å². The molecule has 0 saturated carbocycles. The van der Waals surface area contributed by atoms with Gasteiger partial charge in [-0.1, -0.05) is 0 Å². The highest BCUT2D eigenvalue weighted by atomic mass is 19.1. The predicted octanol–water partition coefficient (Wildman–Crippen LogP) is -0.122. The second kappa shape index (κ2) is 4.46. The van der Waals surface area contributed by atoms with Crippen molar-refractivity contribution in [1.29, 1.82) is 0 Å². The summed E-state index contributed by atoms with van der Waals surface area (Å²) in [5, 5.41) is 19.6. The second-order valence-electron chi connectivity index (χ2n) is 4.47. The van der Waals surface area contributed by atoms with E-state index in [0.717, 1.165) is 0 Å². The molecule has 2 aromatic heterocycles. The summed E-state index contributed by atoms with van der Waals surface area (Å²) >= 11 is 0. The minimum atomic E-state index is -1.60. The van der Waals surface area contributed by atoms with Crippen LogP contribution in [0.2, 0.25) is 0 Å². The highest BCUT2D eigenvalue weighted by Crippen LogP contribution is 2.38. The lowest BCUT2D eigenvalue weighted by Gasteiger charge is -2.18. The molecule has 0 saturated heterocycles. The Bertz CT molecular complexity index is 701. The number of fused-ring (bicyclic) bond motifs is 1. The number of hydrogen-bond donors (Lipinski definition) is 3. The maximum atomic E-state index is 14.1. The number of hydrogen-bond acceptors (Lipinski definition) is 6. The lowest BCUT2D eigenvalue weighted by Crippen LogP contribution is -2.30. The summed E-state index contributed by atoms with van der Waals surface area (Å²) in [5.74, 6) is -0.819. The highest BCUT2D eigenvalue weighted by Gasteiger charge is 2.43. The van der Waals surface area contributed by atoms with Crippen LogP contribution in [-0.4, -0.2) is 48.6 Å². The Morgan fingerprint density at radius 3 is 2.70 bits per heavy atom. The normalized spacial score (nSPS) is 26.7. The quantitative estimate of drug-likeness (QED) is 0.708. The number of nitrogens with two attached hydrogens (primary N) is 1. The fourth-order valence-electron chi connectivity index (χ4n) is 2.36. The van der Waals surface area contributed by atoms with Gasteiger partial charge in [0.25, 0.3) is 0 Å². The number of aliphatic hydroxyl groups is 2. The number of aromatic nitrogens is 4. The van der Waals surface area contributed by atoms with Crippen molar-refractivity contribution in [2.75, 3.05) is 12.4 Å². The summed E-state index contributed by atoms with van der Waals surface area (Å²) in [5.41, 5.74) is 5.59. The summed E-state index contributed by atoms with van der Waals surface area (Å²) in [6, 6.07) is -1.28. The number of aliphatic hydroxyl groups excluding tert-OH is 2. The summed E-state index contributed by atoms with van der Waals surface area (Å²) in [6.07, 6.45) is -0.724. The first-order valence-corrected chi connectivity index (χ1v) is 5.79. The number of halogens is 2. The van der Waals surface area contributed by atoms with Crippen molar-refractivity contribution >= 4 is 17.0 Å². The van der Waals surface area contributed by atoms with E-state index in [-0.39, 0.29) is 17.0 Å². The van der Waals surface area contributed by atoms with Gasteiger partial charge in [-0.15, -0.1) is 0 Å². The maximum Gasteiger partial charge on any atom is 0.166 e. The SMILES string of the molecule is Nc1ncnc2c1ncn2[C@@H]1C(F)=C(CF)[C@@H](O)C1O. The van der Waals surface area contributed by atoms with Gasteiger partial charge in [-0.2, -0.15) is 0 Å². The topological polar surface area (TPSA) is 110 Å². The molecule has 7 nitrogen and oxygen atoms in total. The molecule has 20 heavy (non-hydrogen) atoms. The summed E-state index contributed by atoms with van der Waals surface area (Å²) in [6.45, 7) is -1.18. The Kier molecular flexibility index (Phi) is 2.87. The van der Waals surface area contributed by atoms with Crippen LogP contribution >= 0.6 is 0 Å². The average molecular weight is 283 g/mol. The molecule has 2 heterocycles. The third-order valence-electron chi connectivity index (χ3n) is 3.40. The van der Waals surface area contributed by atoms with Gasteiger partial charge in [0.15, 0.2) is 11.5 Å². The average Bonchev–Trinajstić information content (AvgIpc) is 2.92. The van der Waals surface area contributed by atoms with Crippen molar-refractivity contribution < 1.29 is 19.0 Å². The van der Waals surface area contributed by atoms with E-state index in [9.17, 15) is 19.0 Å². The molecule has 1 aliphatic rings. The standard InChI is InChI=1S/C11H11F2N5O2/c12-1-4-5(13)7(9(20)8(4)19)18-3-17-6-10(14)15-2-16-11(6)18/h2-3,7-9,19-20H,1H2,(H2,14,15,16)/t7-,8-,9?/m1/s1. The minimum absolute atomic E-state index is 0.108.